The van der Waals surface area contributed by atoms with Gasteiger partial charge in [0.05, 0.1) is 19.0 Å². The number of carbonyl (C=O) groups is 1. The molecule has 6 aliphatic rings. The summed E-state index contributed by atoms with van der Waals surface area (Å²) in [5, 5.41) is 10.6. The molecule has 1 heterocycles. The third-order valence-corrected chi connectivity index (χ3v) is 13.4. The summed E-state index contributed by atoms with van der Waals surface area (Å²) in [5.74, 6) is 1.86. The topological polar surface area (TPSA) is 46.5 Å². The summed E-state index contributed by atoms with van der Waals surface area (Å²) < 4.78 is 6.66. The number of ketones is 1. The van der Waals surface area contributed by atoms with E-state index in [2.05, 4.69) is 41.5 Å². The maximum Gasteiger partial charge on any atom is 0.163 e. The van der Waals surface area contributed by atoms with Crippen molar-refractivity contribution in [3.63, 3.8) is 0 Å². The number of hydrogen-bond donors (Lipinski definition) is 1. The molecule has 9 atom stereocenters. The van der Waals surface area contributed by atoms with Crippen LogP contribution >= 0.6 is 0 Å². The fraction of sp³-hybridized carbons (Fsp3) is 0.900. The molecule has 184 valence electrons. The van der Waals surface area contributed by atoms with Gasteiger partial charge in [0.25, 0.3) is 0 Å². The van der Waals surface area contributed by atoms with Crippen molar-refractivity contribution < 1.29 is 14.6 Å². The summed E-state index contributed by atoms with van der Waals surface area (Å²) in [7, 11) is 0. The van der Waals surface area contributed by atoms with Crippen LogP contribution in [0.1, 0.15) is 99.3 Å². The second kappa shape index (κ2) is 6.48. The minimum Gasteiger partial charge on any atom is -0.512 e. The Morgan fingerprint density at radius 1 is 0.909 bits per heavy atom. The van der Waals surface area contributed by atoms with Crippen molar-refractivity contribution in [3.8, 4) is 0 Å². The lowest BCUT2D eigenvalue weighted by molar-refractivity contribution is -0.315. The van der Waals surface area contributed by atoms with Gasteiger partial charge in [-0.2, -0.15) is 0 Å². The van der Waals surface area contributed by atoms with Crippen molar-refractivity contribution in [2.24, 2.45) is 56.2 Å². The van der Waals surface area contributed by atoms with Crippen molar-refractivity contribution in [3.05, 3.63) is 11.8 Å². The molecule has 1 N–H and O–H groups in total. The molecule has 5 fully saturated rings. The number of fused-ring (bicyclic) bond motifs is 3. The third-order valence-electron chi connectivity index (χ3n) is 13.4. The maximum atomic E-state index is 13.6. The molecule has 1 aliphatic heterocycles. The van der Waals surface area contributed by atoms with Gasteiger partial charge in [0.15, 0.2) is 5.78 Å². The van der Waals surface area contributed by atoms with E-state index >= 15 is 0 Å². The van der Waals surface area contributed by atoms with Gasteiger partial charge in [0.1, 0.15) is 0 Å². The van der Waals surface area contributed by atoms with Gasteiger partial charge in [-0.1, -0.05) is 41.5 Å². The molecule has 0 aromatic heterocycles. The fourth-order valence-corrected chi connectivity index (χ4v) is 11.3. The Labute approximate surface area is 201 Å². The first-order valence-electron chi connectivity index (χ1n) is 13.9. The second-order valence-electron chi connectivity index (χ2n) is 15.1. The highest BCUT2D eigenvalue weighted by Gasteiger charge is 2.75. The fourth-order valence-electron chi connectivity index (χ4n) is 11.3. The molecule has 1 spiro atoms. The van der Waals surface area contributed by atoms with Gasteiger partial charge in [-0.15, -0.1) is 0 Å². The molecule has 33 heavy (non-hydrogen) atoms. The highest BCUT2D eigenvalue weighted by atomic mass is 16.5. The molecule has 1 saturated heterocycles. The highest BCUT2D eigenvalue weighted by Crippen LogP contribution is 2.79. The first-order valence-corrected chi connectivity index (χ1v) is 13.9. The van der Waals surface area contributed by atoms with Gasteiger partial charge in [-0.25, -0.2) is 0 Å². The molecule has 4 saturated carbocycles. The summed E-state index contributed by atoms with van der Waals surface area (Å²) in [4.78, 5) is 13.6. The molecule has 3 heteroatoms. The van der Waals surface area contributed by atoms with Crippen LogP contribution < -0.4 is 0 Å². The Balaban J connectivity index is 1.47. The molecular weight excluding hydrogens is 408 g/mol. The molecule has 5 aliphatic carbocycles. The van der Waals surface area contributed by atoms with Gasteiger partial charge in [0.2, 0.25) is 0 Å². The molecule has 0 aromatic rings. The van der Waals surface area contributed by atoms with Gasteiger partial charge in [-0.05, 0) is 91.3 Å². The first kappa shape index (κ1) is 22.6. The number of aliphatic hydroxyl groups is 1. The highest BCUT2D eigenvalue weighted by molar-refractivity contribution is 5.94. The molecule has 3 nitrogen and oxygen atoms in total. The van der Waals surface area contributed by atoms with Crippen LogP contribution in [0.25, 0.3) is 0 Å². The van der Waals surface area contributed by atoms with E-state index in [0.717, 1.165) is 32.0 Å². The van der Waals surface area contributed by atoms with E-state index in [9.17, 15) is 9.90 Å². The van der Waals surface area contributed by atoms with E-state index in [1.54, 1.807) is 6.08 Å². The van der Waals surface area contributed by atoms with Gasteiger partial charge < -0.3 is 9.84 Å². The number of ether oxygens (including phenoxy) is 1. The summed E-state index contributed by atoms with van der Waals surface area (Å²) in [5.41, 5.74) is 1.18. The van der Waals surface area contributed by atoms with Crippen LogP contribution in [0.15, 0.2) is 11.8 Å². The van der Waals surface area contributed by atoms with Crippen LogP contribution in [0.5, 0.6) is 0 Å². The molecule has 2 bridgehead atoms. The van der Waals surface area contributed by atoms with Crippen molar-refractivity contribution in [2.75, 3.05) is 13.2 Å². The Morgan fingerprint density at radius 2 is 1.64 bits per heavy atom. The number of carbonyl (C=O) groups excluding carboxylic acids is 1. The predicted octanol–water partition coefficient (Wildman–Crippen LogP) is 7.11. The SMILES string of the molecule is CC1C(O)=CC(=O)C2C1(C)CCC1C23CCC2(C)C4CC(C)(C)CCC4(C)CCC12COC3. The van der Waals surface area contributed by atoms with E-state index in [1.165, 1.54) is 44.9 Å². The van der Waals surface area contributed by atoms with E-state index in [1.807, 2.05) is 0 Å². The predicted molar refractivity (Wildman–Crippen MR) is 131 cm³/mol. The Kier molecular flexibility index (Phi) is 4.44. The quantitative estimate of drug-likeness (QED) is 0.424. The second-order valence-corrected chi connectivity index (χ2v) is 15.1. The van der Waals surface area contributed by atoms with Gasteiger partial charge >= 0.3 is 0 Å². The zero-order chi connectivity index (χ0) is 23.7. The minimum atomic E-state index is -0.155. The largest absolute Gasteiger partial charge is 0.512 e. The normalized spacial score (nSPS) is 57.2. The number of allylic oxidation sites excluding steroid dienone is 2. The summed E-state index contributed by atoms with van der Waals surface area (Å²) in [6.07, 6.45) is 12.9. The summed E-state index contributed by atoms with van der Waals surface area (Å²) in [6.45, 7) is 16.3. The summed E-state index contributed by atoms with van der Waals surface area (Å²) in [6, 6.07) is 0. The van der Waals surface area contributed by atoms with Crippen LogP contribution in [0.2, 0.25) is 0 Å². The van der Waals surface area contributed by atoms with Crippen molar-refractivity contribution >= 4 is 5.78 Å². The Bertz CT molecular complexity index is 920. The van der Waals surface area contributed by atoms with E-state index in [0.29, 0.717) is 27.9 Å². The van der Waals surface area contributed by atoms with Crippen LogP contribution in [0, 0.1) is 56.2 Å². The number of hydrogen-bond acceptors (Lipinski definition) is 3. The standard InChI is InChI=1S/C30H46O3/c1-19-20(31)15-21(32)24-27(19,5)8-7-22-29(24)13-12-28(6)23-16-25(2,3)9-10-26(23,4)11-14-30(22,28)18-33-17-29/h15,19,22-24,31H,7-14,16-18H2,1-6H3. The van der Waals surface area contributed by atoms with Gasteiger partial charge in [-0.3, -0.25) is 4.79 Å². The Morgan fingerprint density at radius 3 is 2.39 bits per heavy atom. The number of aliphatic hydroxyl groups excluding tert-OH is 1. The Hall–Kier alpha value is -0.830. The average Bonchev–Trinajstić information content (AvgIpc) is 2.74. The van der Waals surface area contributed by atoms with E-state index in [4.69, 9.17) is 4.74 Å². The molecule has 0 radical (unpaired) electrons. The van der Waals surface area contributed by atoms with Crippen LogP contribution in [-0.2, 0) is 9.53 Å². The van der Waals surface area contributed by atoms with E-state index in [-0.39, 0.29) is 33.9 Å². The average molecular weight is 455 g/mol. The monoisotopic (exact) mass is 454 g/mol. The van der Waals surface area contributed by atoms with Crippen molar-refractivity contribution in [1.29, 1.82) is 0 Å². The summed E-state index contributed by atoms with van der Waals surface area (Å²) >= 11 is 0. The first-order chi connectivity index (χ1) is 15.3. The lowest BCUT2D eigenvalue weighted by atomic mass is 9.29. The van der Waals surface area contributed by atoms with Crippen LogP contribution in [-0.4, -0.2) is 24.1 Å². The lowest BCUT2D eigenvalue weighted by Gasteiger charge is -2.76. The molecule has 9 unspecified atom stereocenters. The van der Waals surface area contributed by atoms with Crippen LogP contribution in [0.3, 0.4) is 0 Å². The smallest absolute Gasteiger partial charge is 0.163 e. The third kappa shape index (κ3) is 2.54. The minimum absolute atomic E-state index is 0.00696. The van der Waals surface area contributed by atoms with Crippen molar-refractivity contribution in [2.45, 2.75) is 99.3 Å². The zero-order valence-corrected chi connectivity index (χ0v) is 21.9. The van der Waals surface area contributed by atoms with Gasteiger partial charge in [0, 0.05) is 28.7 Å². The zero-order valence-electron chi connectivity index (χ0n) is 21.9. The number of rotatable bonds is 0. The maximum absolute atomic E-state index is 13.6. The molecule has 0 aromatic carbocycles. The lowest BCUT2D eigenvalue weighted by Crippen LogP contribution is -2.73. The van der Waals surface area contributed by atoms with Crippen molar-refractivity contribution in [1.82, 2.24) is 0 Å². The molecule has 6 rings (SSSR count). The van der Waals surface area contributed by atoms with Crippen LogP contribution in [0.4, 0.5) is 0 Å². The molecular formula is C30H46O3. The molecule has 0 amide bonds. The van der Waals surface area contributed by atoms with E-state index < -0.39 is 0 Å².